The summed E-state index contributed by atoms with van der Waals surface area (Å²) >= 11 is 5.75. The molecule has 0 radical (unpaired) electrons. The highest BCUT2D eigenvalue weighted by Crippen LogP contribution is 2.27. The van der Waals surface area contributed by atoms with E-state index in [1.165, 1.54) is 24.3 Å². The summed E-state index contributed by atoms with van der Waals surface area (Å²) in [5.74, 6) is -1.56. The van der Waals surface area contributed by atoms with Gasteiger partial charge in [0, 0.05) is 11.6 Å². The molecule has 1 fully saturated rings. The zero-order valence-electron chi connectivity index (χ0n) is 11.6. The number of amides is 1. The molecular formula is C13H15ClN2O5S. The third-order valence-corrected chi connectivity index (χ3v) is 5.43. The number of carbonyl (C=O) groups is 2. The molecule has 1 aromatic rings. The number of nitrogens with two attached hydrogens (primary N) is 1. The van der Waals surface area contributed by atoms with Crippen LogP contribution in [0.15, 0.2) is 29.2 Å². The molecule has 1 aliphatic rings. The van der Waals surface area contributed by atoms with Crippen LogP contribution in [0.2, 0.25) is 5.02 Å². The van der Waals surface area contributed by atoms with E-state index < -0.39 is 34.5 Å². The van der Waals surface area contributed by atoms with Gasteiger partial charge in [-0.25, -0.2) is 8.42 Å². The van der Waals surface area contributed by atoms with E-state index in [1.54, 1.807) is 0 Å². The maximum atomic E-state index is 12.6. The Hall–Kier alpha value is -1.64. The van der Waals surface area contributed by atoms with Gasteiger partial charge in [-0.2, -0.15) is 4.31 Å². The van der Waals surface area contributed by atoms with Gasteiger partial charge in [-0.1, -0.05) is 11.6 Å². The lowest BCUT2D eigenvalue weighted by Gasteiger charge is -2.22. The van der Waals surface area contributed by atoms with E-state index in [0.717, 1.165) is 4.31 Å². The summed E-state index contributed by atoms with van der Waals surface area (Å²) in [7, 11) is -3.83. The molecule has 1 unspecified atom stereocenters. The summed E-state index contributed by atoms with van der Waals surface area (Å²) < 4.78 is 31.0. The SMILES string of the molecule is NC(=O)COC(=O)C1CCCN1S(=O)(=O)c1ccc(Cl)cc1. The Morgan fingerprint density at radius 2 is 1.95 bits per heavy atom. The van der Waals surface area contributed by atoms with Crippen LogP contribution >= 0.6 is 11.6 Å². The molecule has 1 heterocycles. The van der Waals surface area contributed by atoms with Crippen molar-refractivity contribution in [2.45, 2.75) is 23.8 Å². The van der Waals surface area contributed by atoms with Crippen LogP contribution in [0.3, 0.4) is 0 Å². The van der Waals surface area contributed by atoms with Crippen LogP contribution in [0.4, 0.5) is 0 Å². The molecule has 1 atom stereocenters. The number of hydrogen-bond donors (Lipinski definition) is 1. The molecule has 1 amide bonds. The summed E-state index contributed by atoms with van der Waals surface area (Å²) in [6, 6.07) is 4.74. The molecule has 22 heavy (non-hydrogen) atoms. The van der Waals surface area contributed by atoms with Gasteiger partial charge in [0.05, 0.1) is 4.90 Å². The summed E-state index contributed by atoms with van der Waals surface area (Å²) in [6.45, 7) is -0.356. The van der Waals surface area contributed by atoms with Crippen LogP contribution in [0.1, 0.15) is 12.8 Å². The predicted molar refractivity (Wildman–Crippen MR) is 78.5 cm³/mol. The smallest absolute Gasteiger partial charge is 0.324 e. The number of ether oxygens (including phenoxy) is 1. The Kier molecular flexibility index (Phi) is 5.05. The van der Waals surface area contributed by atoms with Gasteiger partial charge in [-0.05, 0) is 37.1 Å². The molecular weight excluding hydrogens is 332 g/mol. The van der Waals surface area contributed by atoms with Crippen LogP contribution in [-0.4, -0.2) is 43.8 Å². The van der Waals surface area contributed by atoms with Crippen LogP contribution in [0.5, 0.6) is 0 Å². The number of nitrogens with zero attached hydrogens (tertiary/aromatic N) is 1. The van der Waals surface area contributed by atoms with Crippen molar-refractivity contribution in [3.8, 4) is 0 Å². The summed E-state index contributed by atoms with van der Waals surface area (Å²) in [6.07, 6.45) is 0.869. The molecule has 0 aliphatic carbocycles. The molecule has 0 saturated carbocycles. The van der Waals surface area contributed by atoms with Gasteiger partial charge in [0.15, 0.2) is 6.61 Å². The largest absolute Gasteiger partial charge is 0.454 e. The first-order valence-corrected chi connectivity index (χ1v) is 8.36. The van der Waals surface area contributed by atoms with Crippen LogP contribution in [-0.2, 0) is 24.3 Å². The van der Waals surface area contributed by atoms with E-state index in [2.05, 4.69) is 0 Å². The van der Waals surface area contributed by atoms with Crippen LogP contribution in [0.25, 0.3) is 0 Å². The Labute approximate surface area is 133 Å². The second-order valence-electron chi connectivity index (χ2n) is 4.80. The minimum absolute atomic E-state index is 0.0477. The molecule has 2 N–H and O–H groups in total. The van der Waals surface area contributed by atoms with Crippen LogP contribution in [0, 0.1) is 0 Å². The second-order valence-corrected chi connectivity index (χ2v) is 7.13. The van der Waals surface area contributed by atoms with Crippen LogP contribution < -0.4 is 5.73 Å². The highest BCUT2D eigenvalue weighted by molar-refractivity contribution is 7.89. The van der Waals surface area contributed by atoms with Gasteiger partial charge < -0.3 is 10.5 Å². The zero-order valence-corrected chi connectivity index (χ0v) is 13.1. The molecule has 0 aromatic heterocycles. The number of hydrogen-bond acceptors (Lipinski definition) is 5. The maximum Gasteiger partial charge on any atom is 0.324 e. The molecule has 0 spiro atoms. The van der Waals surface area contributed by atoms with Crippen molar-refractivity contribution >= 4 is 33.5 Å². The monoisotopic (exact) mass is 346 g/mol. The first-order valence-electron chi connectivity index (χ1n) is 6.55. The lowest BCUT2D eigenvalue weighted by Crippen LogP contribution is -2.42. The highest BCUT2D eigenvalue weighted by Gasteiger charge is 2.40. The maximum absolute atomic E-state index is 12.6. The quantitative estimate of drug-likeness (QED) is 0.782. The first kappa shape index (κ1) is 16.7. The molecule has 120 valence electrons. The van der Waals surface area contributed by atoms with Gasteiger partial charge in [-0.15, -0.1) is 0 Å². The Morgan fingerprint density at radius 3 is 2.55 bits per heavy atom. The van der Waals surface area contributed by atoms with E-state index in [1.807, 2.05) is 0 Å². The number of sulfonamides is 1. The normalized spacial score (nSPS) is 19.0. The Morgan fingerprint density at radius 1 is 1.32 bits per heavy atom. The summed E-state index contributed by atoms with van der Waals surface area (Å²) in [5, 5.41) is 0.415. The van der Waals surface area contributed by atoms with Crippen molar-refractivity contribution in [1.29, 1.82) is 0 Å². The number of rotatable bonds is 5. The van der Waals surface area contributed by atoms with Crippen molar-refractivity contribution in [3.05, 3.63) is 29.3 Å². The fraction of sp³-hybridized carbons (Fsp3) is 0.385. The van der Waals surface area contributed by atoms with Crippen molar-refractivity contribution in [2.24, 2.45) is 5.73 Å². The van der Waals surface area contributed by atoms with E-state index >= 15 is 0 Å². The first-order chi connectivity index (χ1) is 10.3. The summed E-state index contributed by atoms with van der Waals surface area (Å²) in [5.41, 5.74) is 4.90. The van der Waals surface area contributed by atoms with E-state index in [9.17, 15) is 18.0 Å². The molecule has 9 heteroatoms. The predicted octanol–water partition coefficient (Wildman–Crippen LogP) is 0.522. The number of primary amides is 1. The fourth-order valence-electron chi connectivity index (χ4n) is 2.24. The molecule has 7 nitrogen and oxygen atoms in total. The summed E-state index contributed by atoms with van der Waals surface area (Å²) in [4.78, 5) is 22.6. The average Bonchev–Trinajstić information content (AvgIpc) is 2.95. The highest BCUT2D eigenvalue weighted by atomic mass is 35.5. The van der Waals surface area contributed by atoms with Crippen molar-refractivity contribution in [2.75, 3.05) is 13.2 Å². The van der Waals surface area contributed by atoms with Gasteiger partial charge in [0.1, 0.15) is 6.04 Å². The van der Waals surface area contributed by atoms with Gasteiger partial charge in [0.2, 0.25) is 10.0 Å². The Balaban J connectivity index is 2.20. The van der Waals surface area contributed by atoms with Crippen molar-refractivity contribution in [1.82, 2.24) is 4.31 Å². The number of halogens is 1. The molecule has 0 bridgehead atoms. The topological polar surface area (TPSA) is 107 Å². The lowest BCUT2D eigenvalue weighted by molar-refractivity contribution is -0.151. The molecule has 1 aliphatic heterocycles. The Bertz CT molecular complexity index is 674. The fourth-order valence-corrected chi connectivity index (χ4v) is 4.02. The minimum atomic E-state index is -3.83. The molecule has 1 aromatic carbocycles. The van der Waals surface area contributed by atoms with Gasteiger partial charge in [0.25, 0.3) is 5.91 Å². The van der Waals surface area contributed by atoms with E-state index in [0.29, 0.717) is 17.9 Å². The average molecular weight is 347 g/mol. The zero-order chi connectivity index (χ0) is 16.3. The number of esters is 1. The minimum Gasteiger partial charge on any atom is -0.454 e. The number of benzene rings is 1. The molecule has 1 saturated heterocycles. The molecule has 2 rings (SSSR count). The van der Waals surface area contributed by atoms with Gasteiger partial charge >= 0.3 is 5.97 Å². The van der Waals surface area contributed by atoms with Crippen molar-refractivity contribution in [3.63, 3.8) is 0 Å². The van der Waals surface area contributed by atoms with E-state index in [-0.39, 0.29) is 11.4 Å². The third kappa shape index (κ3) is 3.57. The standard InChI is InChI=1S/C13H15ClN2O5S/c14-9-3-5-10(6-4-9)22(19,20)16-7-1-2-11(16)13(18)21-8-12(15)17/h3-6,11H,1-2,7-8H2,(H2,15,17). The number of carbonyl (C=O) groups excluding carboxylic acids is 2. The lowest BCUT2D eigenvalue weighted by atomic mass is 10.2. The van der Waals surface area contributed by atoms with Crippen molar-refractivity contribution < 1.29 is 22.7 Å². The third-order valence-electron chi connectivity index (χ3n) is 3.25. The second kappa shape index (κ2) is 6.64. The van der Waals surface area contributed by atoms with Gasteiger partial charge in [-0.3, -0.25) is 9.59 Å². The van der Waals surface area contributed by atoms with E-state index in [4.69, 9.17) is 22.1 Å².